The minimum atomic E-state index is -0.0461. The first-order valence-electron chi connectivity index (χ1n) is 8.56. The molecule has 2 aliphatic rings. The van der Waals surface area contributed by atoms with Gasteiger partial charge in [-0.2, -0.15) is 0 Å². The number of benzene rings is 2. The molecule has 2 aromatic rings. The highest BCUT2D eigenvalue weighted by Crippen LogP contribution is 2.31. The van der Waals surface area contributed by atoms with E-state index < -0.39 is 0 Å². The normalized spacial score (nSPS) is 17.7. The second-order valence-electron chi connectivity index (χ2n) is 6.49. The summed E-state index contributed by atoms with van der Waals surface area (Å²) in [4.78, 5) is 12.4. The first-order valence-corrected chi connectivity index (χ1v) is 8.56. The molecule has 0 aromatic heterocycles. The van der Waals surface area contributed by atoms with Crippen LogP contribution in [-0.4, -0.2) is 32.8 Å². The number of hydrogen-bond donors (Lipinski definition) is 1. The fourth-order valence-electron chi connectivity index (χ4n) is 3.34. The smallest absolute Gasteiger partial charge is 0.251 e. The molecule has 0 aliphatic carbocycles. The van der Waals surface area contributed by atoms with E-state index in [4.69, 9.17) is 14.2 Å². The van der Waals surface area contributed by atoms with Crippen LogP contribution in [0.1, 0.15) is 21.5 Å². The highest BCUT2D eigenvalue weighted by Gasteiger charge is 2.22. The third kappa shape index (κ3) is 3.27. The van der Waals surface area contributed by atoms with E-state index in [9.17, 15) is 4.79 Å². The summed E-state index contributed by atoms with van der Waals surface area (Å²) in [5.74, 6) is 2.79. The molecule has 2 aromatic carbocycles. The summed E-state index contributed by atoms with van der Waals surface area (Å²) in [5, 5.41) is 3.03. The van der Waals surface area contributed by atoms with E-state index in [-0.39, 0.29) is 11.8 Å². The van der Waals surface area contributed by atoms with Gasteiger partial charge in [0.25, 0.3) is 5.91 Å². The van der Waals surface area contributed by atoms with Crippen molar-refractivity contribution in [1.29, 1.82) is 0 Å². The fraction of sp³-hybridized carbons (Fsp3) is 0.350. The Labute approximate surface area is 146 Å². The number of fused-ring (bicyclic) bond motifs is 2. The molecule has 1 amide bonds. The summed E-state index contributed by atoms with van der Waals surface area (Å²) in [6, 6.07) is 11.5. The fourth-order valence-corrected chi connectivity index (χ4v) is 3.34. The molecule has 0 bridgehead atoms. The molecule has 1 atom stereocenters. The van der Waals surface area contributed by atoms with Crippen molar-refractivity contribution < 1.29 is 19.0 Å². The molecule has 4 rings (SSSR count). The molecule has 2 heterocycles. The molecule has 0 saturated carbocycles. The molecule has 0 saturated heterocycles. The molecule has 25 heavy (non-hydrogen) atoms. The van der Waals surface area contributed by atoms with Crippen molar-refractivity contribution in [2.45, 2.75) is 12.8 Å². The Balaban J connectivity index is 1.36. The summed E-state index contributed by atoms with van der Waals surface area (Å²) in [6.07, 6.45) is 1.75. The summed E-state index contributed by atoms with van der Waals surface area (Å²) < 4.78 is 16.5. The lowest BCUT2D eigenvalue weighted by molar-refractivity contribution is 0.0939. The zero-order valence-electron chi connectivity index (χ0n) is 14.2. The molecule has 0 fully saturated rings. The third-order valence-corrected chi connectivity index (χ3v) is 4.76. The van der Waals surface area contributed by atoms with Crippen LogP contribution in [0.25, 0.3) is 0 Å². The molecule has 2 aliphatic heterocycles. The predicted octanol–water partition coefficient (Wildman–Crippen LogP) is 2.61. The first-order chi connectivity index (χ1) is 12.2. The molecule has 1 N–H and O–H groups in total. The monoisotopic (exact) mass is 339 g/mol. The number of rotatable bonds is 4. The van der Waals surface area contributed by atoms with E-state index in [0.29, 0.717) is 25.3 Å². The average Bonchev–Trinajstić information content (AvgIpc) is 3.13. The van der Waals surface area contributed by atoms with Crippen molar-refractivity contribution in [2.75, 3.05) is 26.9 Å². The van der Waals surface area contributed by atoms with Crippen LogP contribution in [0.4, 0.5) is 0 Å². The summed E-state index contributed by atoms with van der Waals surface area (Å²) in [5.41, 5.74) is 2.95. The topological polar surface area (TPSA) is 56.8 Å². The van der Waals surface area contributed by atoms with Gasteiger partial charge in [-0.05, 0) is 41.8 Å². The van der Waals surface area contributed by atoms with E-state index in [1.54, 1.807) is 7.11 Å². The number of carbonyl (C=O) groups excluding carboxylic acids is 1. The van der Waals surface area contributed by atoms with Gasteiger partial charge in [-0.1, -0.05) is 6.07 Å². The Kier molecular flexibility index (Phi) is 4.22. The van der Waals surface area contributed by atoms with Crippen LogP contribution in [0, 0.1) is 5.92 Å². The molecule has 5 nitrogen and oxygen atoms in total. The van der Waals surface area contributed by atoms with Gasteiger partial charge in [-0.25, -0.2) is 0 Å². The van der Waals surface area contributed by atoms with Crippen molar-refractivity contribution >= 4 is 5.91 Å². The molecular formula is C20H21NO4. The Bertz CT molecular complexity index is 802. The average molecular weight is 339 g/mol. The van der Waals surface area contributed by atoms with Gasteiger partial charge in [0, 0.05) is 30.5 Å². The van der Waals surface area contributed by atoms with E-state index >= 15 is 0 Å². The van der Waals surface area contributed by atoms with Gasteiger partial charge < -0.3 is 19.5 Å². The van der Waals surface area contributed by atoms with E-state index in [2.05, 4.69) is 5.32 Å². The molecule has 130 valence electrons. The zero-order chi connectivity index (χ0) is 17.2. The van der Waals surface area contributed by atoms with Gasteiger partial charge in [0.05, 0.1) is 20.3 Å². The van der Waals surface area contributed by atoms with Crippen LogP contribution in [0.2, 0.25) is 0 Å². The highest BCUT2D eigenvalue weighted by molar-refractivity contribution is 5.94. The van der Waals surface area contributed by atoms with Crippen molar-refractivity contribution in [3.63, 3.8) is 0 Å². The Morgan fingerprint density at radius 2 is 2.08 bits per heavy atom. The van der Waals surface area contributed by atoms with Crippen molar-refractivity contribution in [2.24, 2.45) is 5.92 Å². The van der Waals surface area contributed by atoms with Crippen LogP contribution in [0.5, 0.6) is 17.2 Å². The van der Waals surface area contributed by atoms with Crippen LogP contribution >= 0.6 is 0 Å². The van der Waals surface area contributed by atoms with Crippen molar-refractivity contribution in [3.05, 3.63) is 53.1 Å². The lowest BCUT2D eigenvalue weighted by Gasteiger charge is -2.25. The Morgan fingerprint density at radius 3 is 2.96 bits per heavy atom. The lowest BCUT2D eigenvalue weighted by Crippen LogP contribution is -2.34. The maximum absolute atomic E-state index is 12.4. The maximum atomic E-state index is 12.4. The molecule has 5 heteroatoms. The van der Waals surface area contributed by atoms with E-state index in [1.807, 2.05) is 36.4 Å². The molecule has 0 radical (unpaired) electrons. The minimum Gasteiger partial charge on any atom is -0.497 e. The Hall–Kier alpha value is -2.69. The second-order valence-corrected chi connectivity index (χ2v) is 6.49. The first kappa shape index (κ1) is 15.8. The molecule has 1 unspecified atom stereocenters. The summed E-state index contributed by atoms with van der Waals surface area (Å²) in [6.45, 7) is 1.89. The highest BCUT2D eigenvalue weighted by atomic mass is 16.5. The largest absolute Gasteiger partial charge is 0.497 e. The van der Waals surface area contributed by atoms with Crippen LogP contribution in [-0.2, 0) is 12.8 Å². The number of nitrogens with one attached hydrogen (secondary N) is 1. The van der Waals surface area contributed by atoms with Gasteiger partial charge in [-0.15, -0.1) is 0 Å². The molecular weight excluding hydrogens is 318 g/mol. The number of hydrogen-bond acceptors (Lipinski definition) is 4. The van der Waals surface area contributed by atoms with Gasteiger partial charge in [0.1, 0.15) is 17.2 Å². The van der Waals surface area contributed by atoms with Crippen LogP contribution in [0.15, 0.2) is 36.4 Å². The zero-order valence-corrected chi connectivity index (χ0v) is 14.2. The molecule has 0 spiro atoms. The minimum absolute atomic E-state index is 0.0461. The summed E-state index contributed by atoms with van der Waals surface area (Å²) >= 11 is 0. The third-order valence-electron chi connectivity index (χ3n) is 4.76. The van der Waals surface area contributed by atoms with Gasteiger partial charge in [0.15, 0.2) is 0 Å². The second kappa shape index (κ2) is 6.67. The van der Waals surface area contributed by atoms with Crippen LogP contribution in [0.3, 0.4) is 0 Å². The van der Waals surface area contributed by atoms with E-state index in [0.717, 1.165) is 41.2 Å². The van der Waals surface area contributed by atoms with Crippen molar-refractivity contribution in [3.8, 4) is 17.2 Å². The standard InChI is InChI=1S/C20H21NO4/c1-23-17-4-2-14-8-13(12-25-19(14)10-17)11-21-20(22)16-3-5-18-15(9-16)6-7-24-18/h2-5,9-10,13H,6-8,11-12H2,1H3,(H,21,22). The van der Waals surface area contributed by atoms with E-state index in [1.165, 1.54) is 0 Å². The predicted molar refractivity (Wildman–Crippen MR) is 93.7 cm³/mol. The van der Waals surface area contributed by atoms with Gasteiger partial charge >= 0.3 is 0 Å². The number of ether oxygens (including phenoxy) is 3. The Morgan fingerprint density at radius 1 is 1.16 bits per heavy atom. The van der Waals surface area contributed by atoms with Crippen LogP contribution < -0.4 is 19.5 Å². The maximum Gasteiger partial charge on any atom is 0.251 e. The number of carbonyl (C=O) groups is 1. The van der Waals surface area contributed by atoms with Crippen molar-refractivity contribution in [1.82, 2.24) is 5.32 Å². The van der Waals surface area contributed by atoms with Gasteiger partial charge in [-0.3, -0.25) is 4.79 Å². The number of amides is 1. The lowest BCUT2D eigenvalue weighted by atomic mass is 9.96. The SMILES string of the molecule is COc1ccc2c(c1)OCC(CNC(=O)c1ccc3c(c1)CCO3)C2. The quantitative estimate of drug-likeness (QED) is 0.930. The summed E-state index contributed by atoms with van der Waals surface area (Å²) in [7, 11) is 1.65. The van der Waals surface area contributed by atoms with Gasteiger partial charge in [0.2, 0.25) is 0 Å². The number of methoxy groups -OCH3 is 1.